The van der Waals surface area contributed by atoms with Crippen LogP contribution in [0.4, 0.5) is 0 Å². The van der Waals surface area contributed by atoms with Gasteiger partial charge in [0.05, 0.1) is 11.0 Å². The van der Waals surface area contributed by atoms with Gasteiger partial charge in [-0.15, -0.1) is 0 Å². The fourth-order valence-corrected chi connectivity index (χ4v) is 5.56. The van der Waals surface area contributed by atoms with Crippen LogP contribution in [0, 0.1) is 11.3 Å². The number of hydrogen-bond acceptors (Lipinski definition) is 3. The van der Waals surface area contributed by atoms with Crippen LogP contribution in [0.1, 0.15) is 33.6 Å². The molecule has 1 aliphatic carbocycles. The Morgan fingerprint density at radius 3 is 2.67 bits per heavy atom. The zero-order valence-corrected chi connectivity index (χ0v) is 10.6. The van der Waals surface area contributed by atoms with Crippen LogP contribution < -0.4 is 5.32 Å². The predicted molar refractivity (Wildman–Crippen MR) is 61.5 cm³/mol. The monoisotopic (exact) mass is 231 g/mol. The van der Waals surface area contributed by atoms with E-state index in [9.17, 15) is 8.42 Å². The Morgan fingerprint density at radius 2 is 2.00 bits per heavy atom. The fraction of sp³-hybridized carbons (Fsp3) is 1.00. The highest BCUT2D eigenvalue weighted by Crippen LogP contribution is 2.42. The Hall–Kier alpha value is -0.0900. The highest BCUT2D eigenvalue weighted by atomic mass is 32.2. The summed E-state index contributed by atoms with van der Waals surface area (Å²) in [7, 11) is -2.88. The van der Waals surface area contributed by atoms with Crippen molar-refractivity contribution in [2.45, 2.75) is 44.9 Å². The molecule has 1 N–H and O–H groups in total. The van der Waals surface area contributed by atoms with Gasteiger partial charge >= 0.3 is 0 Å². The zero-order chi connectivity index (χ0) is 11.3. The minimum atomic E-state index is -2.88. The van der Waals surface area contributed by atoms with E-state index in [1.54, 1.807) is 0 Å². The molecule has 0 radical (unpaired) electrons. The van der Waals surface area contributed by atoms with Crippen LogP contribution in [0.5, 0.6) is 0 Å². The zero-order valence-electron chi connectivity index (χ0n) is 9.79. The van der Waals surface area contributed by atoms with Gasteiger partial charge in [-0.3, -0.25) is 0 Å². The average molecular weight is 231 g/mol. The van der Waals surface area contributed by atoms with Crippen molar-refractivity contribution in [1.29, 1.82) is 0 Å². The molecule has 2 fully saturated rings. The van der Waals surface area contributed by atoms with E-state index >= 15 is 0 Å². The van der Waals surface area contributed by atoms with Crippen molar-refractivity contribution in [3.05, 3.63) is 0 Å². The summed E-state index contributed by atoms with van der Waals surface area (Å²) in [6.45, 7) is 7.20. The lowest BCUT2D eigenvalue weighted by Crippen LogP contribution is -2.45. The van der Waals surface area contributed by atoms with Crippen LogP contribution in [0.2, 0.25) is 0 Å². The molecule has 0 aromatic carbocycles. The van der Waals surface area contributed by atoms with E-state index in [1.807, 2.05) is 6.92 Å². The van der Waals surface area contributed by atoms with Gasteiger partial charge in [-0.2, -0.15) is 0 Å². The standard InChI is InChI=1S/C11H21NO2S/c1-8-6-12-10-9(15(13,14)7-8)4-5-11(10,2)3/h8-10,12H,4-7H2,1-3H3. The molecule has 3 nitrogen and oxygen atoms in total. The summed E-state index contributed by atoms with van der Waals surface area (Å²) in [5.74, 6) is 0.605. The van der Waals surface area contributed by atoms with E-state index in [4.69, 9.17) is 0 Å². The molecule has 2 aliphatic rings. The van der Waals surface area contributed by atoms with Crippen LogP contribution >= 0.6 is 0 Å². The molecule has 0 aromatic heterocycles. The second kappa shape index (κ2) is 3.45. The van der Waals surface area contributed by atoms with Gasteiger partial charge in [0.2, 0.25) is 0 Å². The van der Waals surface area contributed by atoms with Gasteiger partial charge in [-0.05, 0) is 30.7 Å². The van der Waals surface area contributed by atoms with Gasteiger partial charge < -0.3 is 5.32 Å². The van der Waals surface area contributed by atoms with Gasteiger partial charge in [0.25, 0.3) is 0 Å². The van der Waals surface area contributed by atoms with Crippen molar-refractivity contribution in [3.63, 3.8) is 0 Å². The Bertz CT molecular complexity index is 348. The molecule has 1 saturated carbocycles. The van der Waals surface area contributed by atoms with E-state index in [0.717, 1.165) is 19.4 Å². The second-order valence-corrected chi connectivity index (χ2v) is 8.15. The normalized spacial score (nSPS) is 43.3. The molecular weight excluding hydrogens is 210 g/mol. The van der Waals surface area contributed by atoms with Gasteiger partial charge in [0, 0.05) is 6.04 Å². The summed E-state index contributed by atoms with van der Waals surface area (Å²) in [6, 6.07) is 0.160. The molecule has 3 unspecified atom stereocenters. The minimum Gasteiger partial charge on any atom is -0.312 e. The van der Waals surface area contributed by atoms with Gasteiger partial charge in [-0.1, -0.05) is 20.8 Å². The number of nitrogens with one attached hydrogen (secondary N) is 1. The molecule has 1 heterocycles. The molecular formula is C11H21NO2S. The second-order valence-electron chi connectivity index (χ2n) is 5.89. The Labute approximate surface area is 92.6 Å². The van der Waals surface area contributed by atoms with Crippen molar-refractivity contribution in [2.75, 3.05) is 12.3 Å². The maximum absolute atomic E-state index is 12.1. The van der Waals surface area contributed by atoms with Gasteiger partial charge in [0.15, 0.2) is 9.84 Å². The maximum atomic E-state index is 12.1. The van der Waals surface area contributed by atoms with Crippen molar-refractivity contribution >= 4 is 9.84 Å². The highest BCUT2D eigenvalue weighted by Gasteiger charge is 2.49. The number of fused-ring (bicyclic) bond motifs is 1. The maximum Gasteiger partial charge on any atom is 0.155 e. The largest absolute Gasteiger partial charge is 0.312 e. The molecule has 88 valence electrons. The summed E-state index contributed by atoms with van der Waals surface area (Å²) in [4.78, 5) is 0. The quantitative estimate of drug-likeness (QED) is 0.681. The molecule has 0 aromatic rings. The smallest absolute Gasteiger partial charge is 0.155 e. The van der Waals surface area contributed by atoms with E-state index in [1.165, 1.54) is 0 Å². The molecule has 4 heteroatoms. The summed E-state index contributed by atoms with van der Waals surface area (Å²) in [6.07, 6.45) is 1.85. The molecule has 0 bridgehead atoms. The first-order chi connectivity index (χ1) is 6.83. The lowest BCUT2D eigenvalue weighted by molar-refractivity contribution is 0.281. The SMILES string of the molecule is CC1CNC2C(CCC2(C)C)S(=O)(=O)C1. The lowest BCUT2D eigenvalue weighted by Gasteiger charge is -2.29. The highest BCUT2D eigenvalue weighted by molar-refractivity contribution is 7.92. The van der Waals surface area contributed by atoms with Crippen LogP contribution in [-0.4, -0.2) is 32.0 Å². The predicted octanol–water partition coefficient (Wildman–Crippen LogP) is 1.20. The molecule has 0 spiro atoms. The van der Waals surface area contributed by atoms with Crippen LogP contribution in [0.15, 0.2) is 0 Å². The average Bonchev–Trinajstić information content (AvgIpc) is 2.30. The first-order valence-corrected chi connectivity index (χ1v) is 7.49. The Kier molecular flexibility index (Phi) is 2.62. The van der Waals surface area contributed by atoms with E-state index in [0.29, 0.717) is 5.75 Å². The molecule has 1 saturated heterocycles. The Balaban J connectivity index is 2.33. The molecule has 0 amide bonds. The molecule has 15 heavy (non-hydrogen) atoms. The number of sulfone groups is 1. The Morgan fingerprint density at radius 1 is 1.33 bits per heavy atom. The van der Waals surface area contributed by atoms with Crippen molar-refractivity contribution in [3.8, 4) is 0 Å². The molecule has 2 rings (SSSR count). The molecule has 1 aliphatic heterocycles. The first-order valence-electron chi connectivity index (χ1n) is 5.78. The van der Waals surface area contributed by atoms with Crippen molar-refractivity contribution in [1.82, 2.24) is 5.32 Å². The van der Waals surface area contributed by atoms with Gasteiger partial charge in [-0.25, -0.2) is 8.42 Å². The number of rotatable bonds is 0. The summed E-state index contributed by atoms with van der Waals surface area (Å²) in [5, 5.41) is 3.32. The third kappa shape index (κ3) is 1.94. The van der Waals surface area contributed by atoms with Crippen LogP contribution in [0.3, 0.4) is 0 Å². The summed E-state index contributed by atoms with van der Waals surface area (Å²) >= 11 is 0. The fourth-order valence-electron chi connectivity index (χ4n) is 3.04. The van der Waals surface area contributed by atoms with E-state index in [2.05, 4.69) is 19.2 Å². The first kappa shape index (κ1) is 11.4. The van der Waals surface area contributed by atoms with E-state index < -0.39 is 9.84 Å². The lowest BCUT2D eigenvalue weighted by atomic mass is 9.87. The van der Waals surface area contributed by atoms with Gasteiger partial charge in [0.1, 0.15) is 0 Å². The minimum absolute atomic E-state index is 0.127. The summed E-state index contributed by atoms with van der Waals surface area (Å²) in [5.41, 5.74) is 0.127. The third-order valence-electron chi connectivity index (χ3n) is 3.95. The van der Waals surface area contributed by atoms with Crippen LogP contribution in [0.25, 0.3) is 0 Å². The summed E-state index contributed by atoms with van der Waals surface area (Å²) < 4.78 is 24.3. The topological polar surface area (TPSA) is 46.2 Å². The third-order valence-corrected chi connectivity index (χ3v) is 6.42. The van der Waals surface area contributed by atoms with Crippen LogP contribution in [-0.2, 0) is 9.84 Å². The van der Waals surface area contributed by atoms with Crippen molar-refractivity contribution < 1.29 is 8.42 Å². The number of hydrogen-bond donors (Lipinski definition) is 1. The van der Waals surface area contributed by atoms with E-state index in [-0.39, 0.29) is 22.6 Å². The van der Waals surface area contributed by atoms with Crippen molar-refractivity contribution in [2.24, 2.45) is 11.3 Å². The molecule has 3 atom stereocenters.